The maximum Gasteiger partial charge on any atom is 0.0685 e. The molecule has 2 heterocycles. The van der Waals surface area contributed by atoms with Crippen LogP contribution in [0.1, 0.15) is 19.3 Å². The van der Waals surface area contributed by atoms with Gasteiger partial charge in [0, 0.05) is 18.6 Å². The molecule has 2 aliphatic heterocycles. The maximum atomic E-state index is 9.43. The Labute approximate surface area is 67.2 Å². The Morgan fingerprint density at radius 1 is 1.64 bits per heavy atom. The van der Waals surface area contributed by atoms with Crippen molar-refractivity contribution in [1.29, 1.82) is 0 Å². The zero-order valence-electron chi connectivity index (χ0n) is 6.79. The zero-order valence-corrected chi connectivity index (χ0v) is 6.79. The molecule has 0 radical (unpaired) electrons. The first kappa shape index (κ1) is 7.53. The van der Waals surface area contributed by atoms with E-state index in [4.69, 9.17) is 5.73 Å². The van der Waals surface area contributed by atoms with E-state index in [9.17, 15) is 5.11 Å². The molecule has 64 valence electrons. The number of aliphatic hydroxyl groups is 1. The summed E-state index contributed by atoms with van der Waals surface area (Å²) in [5, 5.41) is 9.43. The lowest BCUT2D eigenvalue weighted by atomic mass is 9.94. The predicted molar refractivity (Wildman–Crippen MR) is 43.2 cm³/mol. The third-order valence-electron chi connectivity index (χ3n) is 3.17. The largest absolute Gasteiger partial charge is 0.392 e. The van der Waals surface area contributed by atoms with Gasteiger partial charge in [0.25, 0.3) is 0 Å². The molecular weight excluding hydrogens is 140 g/mol. The van der Waals surface area contributed by atoms with Crippen molar-refractivity contribution in [2.75, 3.05) is 19.6 Å². The normalized spacial score (nSPS) is 44.7. The molecule has 0 spiro atoms. The smallest absolute Gasteiger partial charge is 0.0685 e. The molecule has 0 aromatic heterocycles. The van der Waals surface area contributed by atoms with E-state index in [0.717, 1.165) is 19.5 Å². The molecule has 0 aromatic carbocycles. The second kappa shape index (κ2) is 2.44. The Balaban J connectivity index is 2.15. The lowest BCUT2D eigenvalue weighted by Crippen LogP contribution is -2.44. The summed E-state index contributed by atoms with van der Waals surface area (Å²) in [6.45, 7) is 2.69. The Morgan fingerprint density at radius 2 is 2.45 bits per heavy atom. The van der Waals surface area contributed by atoms with Crippen molar-refractivity contribution in [3.63, 3.8) is 0 Å². The average Bonchev–Trinajstić information content (AvgIpc) is 2.43. The number of aliphatic hydroxyl groups excluding tert-OH is 1. The molecule has 2 fully saturated rings. The van der Waals surface area contributed by atoms with Crippen molar-refractivity contribution in [2.45, 2.75) is 30.9 Å². The number of hydrogen-bond donors (Lipinski definition) is 2. The number of rotatable bonds is 1. The van der Waals surface area contributed by atoms with Crippen LogP contribution in [0.2, 0.25) is 0 Å². The monoisotopic (exact) mass is 156 g/mol. The molecular formula is C8H16N2O. The quantitative estimate of drug-likeness (QED) is 0.540. The van der Waals surface area contributed by atoms with Crippen LogP contribution in [-0.4, -0.2) is 41.3 Å². The Kier molecular flexibility index (Phi) is 1.67. The summed E-state index contributed by atoms with van der Waals surface area (Å²) in [5.41, 5.74) is 5.90. The average molecular weight is 156 g/mol. The van der Waals surface area contributed by atoms with E-state index in [1.54, 1.807) is 0 Å². The molecule has 2 saturated heterocycles. The lowest BCUT2D eigenvalue weighted by molar-refractivity contribution is 0.177. The minimum absolute atomic E-state index is 0.126. The van der Waals surface area contributed by atoms with Crippen LogP contribution in [0.25, 0.3) is 0 Å². The Hall–Kier alpha value is -0.120. The summed E-state index contributed by atoms with van der Waals surface area (Å²) in [7, 11) is 0. The highest BCUT2D eigenvalue weighted by Crippen LogP contribution is 2.37. The lowest BCUT2D eigenvalue weighted by Gasteiger charge is -2.29. The van der Waals surface area contributed by atoms with E-state index in [1.807, 2.05) is 0 Å². The highest BCUT2D eigenvalue weighted by atomic mass is 16.3. The molecule has 3 heteroatoms. The SMILES string of the molecule is NC[C@@]12CCCN1C[C@@H](O)C2. The standard InChI is InChI=1S/C8H16N2O/c9-6-8-2-1-3-10(8)5-7(11)4-8/h7,11H,1-6,9H2/t7-,8-/m0/s1. The van der Waals surface area contributed by atoms with Gasteiger partial charge in [0.05, 0.1) is 6.10 Å². The molecule has 0 bridgehead atoms. The van der Waals surface area contributed by atoms with Crippen molar-refractivity contribution in [3.8, 4) is 0 Å². The molecule has 2 atom stereocenters. The van der Waals surface area contributed by atoms with Crippen molar-refractivity contribution in [2.24, 2.45) is 5.73 Å². The summed E-state index contributed by atoms with van der Waals surface area (Å²) < 4.78 is 0. The summed E-state index contributed by atoms with van der Waals surface area (Å²) in [6.07, 6.45) is 3.20. The molecule has 0 aromatic rings. The third kappa shape index (κ3) is 0.991. The van der Waals surface area contributed by atoms with Crippen LogP contribution in [0.4, 0.5) is 0 Å². The fraction of sp³-hybridized carbons (Fsp3) is 1.00. The highest BCUT2D eigenvalue weighted by Gasteiger charge is 2.46. The first-order valence-electron chi connectivity index (χ1n) is 4.40. The van der Waals surface area contributed by atoms with Gasteiger partial charge in [0.2, 0.25) is 0 Å². The van der Waals surface area contributed by atoms with Crippen molar-refractivity contribution < 1.29 is 5.11 Å². The van der Waals surface area contributed by atoms with Crippen LogP contribution in [-0.2, 0) is 0 Å². The number of nitrogens with zero attached hydrogens (tertiary/aromatic N) is 1. The van der Waals surface area contributed by atoms with E-state index in [-0.39, 0.29) is 11.6 Å². The van der Waals surface area contributed by atoms with Crippen molar-refractivity contribution in [1.82, 2.24) is 4.90 Å². The first-order chi connectivity index (χ1) is 5.27. The summed E-state index contributed by atoms with van der Waals surface area (Å²) in [4.78, 5) is 2.36. The maximum absolute atomic E-state index is 9.43. The van der Waals surface area contributed by atoms with E-state index in [1.165, 1.54) is 12.8 Å². The van der Waals surface area contributed by atoms with Crippen LogP contribution < -0.4 is 5.73 Å². The summed E-state index contributed by atoms with van der Waals surface area (Å²) in [6, 6.07) is 0. The zero-order chi connectivity index (χ0) is 7.90. The Morgan fingerprint density at radius 3 is 3.09 bits per heavy atom. The van der Waals surface area contributed by atoms with Crippen LogP contribution >= 0.6 is 0 Å². The minimum atomic E-state index is -0.126. The first-order valence-corrected chi connectivity index (χ1v) is 4.40. The molecule has 2 aliphatic rings. The van der Waals surface area contributed by atoms with Gasteiger partial charge in [-0.25, -0.2) is 0 Å². The van der Waals surface area contributed by atoms with Crippen molar-refractivity contribution >= 4 is 0 Å². The van der Waals surface area contributed by atoms with Gasteiger partial charge in [-0.2, -0.15) is 0 Å². The summed E-state index contributed by atoms with van der Waals surface area (Å²) >= 11 is 0. The number of hydrogen-bond acceptors (Lipinski definition) is 3. The van der Waals surface area contributed by atoms with Gasteiger partial charge in [-0.05, 0) is 25.8 Å². The molecule has 0 amide bonds. The third-order valence-corrected chi connectivity index (χ3v) is 3.17. The van der Waals surface area contributed by atoms with Crippen LogP contribution in [0, 0.1) is 0 Å². The van der Waals surface area contributed by atoms with Gasteiger partial charge in [-0.3, -0.25) is 4.90 Å². The van der Waals surface area contributed by atoms with Crippen molar-refractivity contribution in [3.05, 3.63) is 0 Å². The Bertz CT molecular complexity index is 162. The van der Waals surface area contributed by atoms with Gasteiger partial charge < -0.3 is 10.8 Å². The molecule has 11 heavy (non-hydrogen) atoms. The fourth-order valence-corrected chi connectivity index (χ4v) is 2.58. The van der Waals surface area contributed by atoms with E-state index in [2.05, 4.69) is 4.90 Å². The summed E-state index contributed by atoms with van der Waals surface area (Å²) in [5.74, 6) is 0. The molecule has 3 N–H and O–H groups in total. The topological polar surface area (TPSA) is 49.5 Å². The second-order valence-electron chi connectivity index (χ2n) is 3.84. The van der Waals surface area contributed by atoms with Gasteiger partial charge in [0.1, 0.15) is 0 Å². The van der Waals surface area contributed by atoms with Gasteiger partial charge in [-0.1, -0.05) is 0 Å². The predicted octanol–water partition coefficient (Wildman–Crippen LogP) is -0.456. The molecule has 0 saturated carbocycles. The molecule has 3 nitrogen and oxygen atoms in total. The minimum Gasteiger partial charge on any atom is -0.392 e. The molecule has 0 aliphatic carbocycles. The van der Waals surface area contributed by atoms with E-state index < -0.39 is 0 Å². The van der Waals surface area contributed by atoms with E-state index in [0.29, 0.717) is 6.54 Å². The molecule has 0 unspecified atom stereocenters. The molecule has 2 rings (SSSR count). The number of fused-ring (bicyclic) bond motifs is 1. The second-order valence-corrected chi connectivity index (χ2v) is 3.84. The fourth-order valence-electron chi connectivity index (χ4n) is 2.58. The van der Waals surface area contributed by atoms with Gasteiger partial charge in [-0.15, -0.1) is 0 Å². The van der Waals surface area contributed by atoms with Crippen LogP contribution in [0.5, 0.6) is 0 Å². The highest BCUT2D eigenvalue weighted by molar-refractivity contribution is 5.03. The van der Waals surface area contributed by atoms with Gasteiger partial charge in [0.15, 0.2) is 0 Å². The number of β-amino-alcohol motifs (C(OH)–C–C–N with tert-alkyl or cyclic N) is 1. The van der Waals surface area contributed by atoms with Gasteiger partial charge >= 0.3 is 0 Å². The van der Waals surface area contributed by atoms with Crippen LogP contribution in [0.15, 0.2) is 0 Å². The number of nitrogens with two attached hydrogens (primary N) is 1. The van der Waals surface area contributed by atoms with Crippen LogP contribution in [0.3, 0.4) is 0 Å². The van der Waals surface area contributed by atoms with E-state index >= 15 is 0 Å².